The average molecular weight is 371 g/mol. The minimum Gasteiger partial charge on any atom is -0.369 e. The van der Waals surface area contributed by atoms with Crippen LogP contribution >= 0.6 is 11.6 Å². The minimum absolute atomic E-state index is 0.0285. The molecule has 4 rings (SSSR count). The highest BCUT2D eigenvalue weighted by Crippen LogP contribution is 2.33. The van der Waals surface area contributed by atoms with E-state index in [1.807, 2.05) is 31.0 Å². The molecule has 0 spiro atoms. The molecule has 1 fully saturated rings. The van der Waals surface area contributed by atoms with Gasteiger partial charge in [-0.05, 0) is 49.9 Å². The molecule has 0 saturated carbocycles. The molecule has 136 valence electrons. The molecule has 0 bridgehead atoms. The number of pyridine rings is 2. The second-order valence-corrected chi connectivity index (χ2v) is 7.73. The second kappa shape index (κ2) is 6.54. The molecule has 0 radical (unpaired) electrons. The van der Waals surface area contributed by atoms with Crippen LogP contribution in [-0.2, 0) is 17.9 Å². The third kappa shape index (κ3) is 2.84. The number of rotatable bonds is 2. The van der Waals surface area contributed by atoms with E-state index in [2.05, 4.69) is 21.8 Å². The van der Waals surface area contributed by atoms with Crippen molar-refractivity contribution in [2.24, 2.45) is 5.92 Å². The number of aryl methyl sites for hydroxylation is 2. The summed E-state index contributed by atoms with van der Waals surface area (Å²) in [6.45, 7) is 8.89. The van der Waals surface area contributed by atoms with E-state index in [0.717, 1.165) is 52.7 Å². The van der Waals surface area contributed by atoms with E-state index in [4.69, 9.17) is 11.6 Å². The van der Waals surface area contributed by atoms with Gasteiger partial charge in [-0.3, -0.25) is 14.8 Å². The second-order valence-electron chi connectivity index (χ2n) is 7.35. The Labute approximate surface area is 159 Å². The van der Waals surface area contributed by atoms with E-state index in [9.17, 15) is 4.79 Å². The topological polar surface area (TPSA) is 49.3 Å². The lowest BCUT2D eigenvalue weighted by molar-refractivity contribution is -0.135. The van der Waals surface area contributed by atoms with Crippen molar-refractivity contribution in [1.82, 2.24) is 14.9 Å². The summed E-state index contributed by atoms with van der Waals surface area (Å²) in [5.74, 6) is 0.251. The van der Waals surface area contributed by atoms with Crippen LogP contribution in [0.3, 0.4) is 0 Å². The van der Waals surface area contributed by atoms with E-state index in [1.165, 1.54) is 5.56 Å². The highest BCUT2D eigenvalue weighted by Gasteiger charge is 2.35. The first-order valence-electron chi connectivity index (χ1n) is 9.04. The first-order chi connectivity index (χ1) is 12.5. The summed E-state index contributed by atoms with van der Waals surface area (Å²) < 4.78 is 0. The Morgan fingerprint density at radius 1 is 1.27 bits per heavy atom. The van der Waals surface area contributed by atoms with Crippen LogP contribution in [0, 0.1) is 26.7 Å². The molecule has 2 aliphatic rings. The third-order valence-electron chi connectivity index (χ3n) is 5.64. The van der Waals surface area contributed by atoms with Crippen molar-refractivity contribution in [3.8, 4) is 0 Å². The number of carbonyl (C=O) groups excluding carboxylic acids is 1. The Balaban J connectivity index is 1.48. The lowest BCUT2D eigenvalue weighted by Crippen LogP contribution is -2.34. The molecule has 0 aromatic carbocycles. The molecular weight excluding hydrogens is 348 g/mol. The number of carbonyl (C=O) groups is 1. The van der Waals surface area contributed by atoms with E-state index >= 15 is 0 Å². The maximum absolute atomic E-state index is 13.1. The molecule has 2 aromatic heterocycles. The van der Waals surface area contributed by atoms with Crippen molar-refractivity contribution in [3.63, 3.8) is 0 Å². The van der Waals surface area contributed by atoms with Gasteiger partial charge in [-0.2, -0.15) is 0 Å². The first-order valence-corrected chi connectivity index (χ1v) is 9.42. The van der Waals surface area contributed by atoms with Crippen LogP contribution in [0.4, 0.5) is 5.69 Å². The molecule has 0 unspecified atom stereocenters. The number of hydrogen-bond donors (Lipinski definition) is 0. The number of hydrogen-bond acceptors (Lipinski definition) is 4. The lowest BCUT2D eigenvalue weighted by Gasteiger charge is -2.22. The van der Waals surface area contributed by atoms with Crippen LogP contribution in [0.5, 0.6) is 0 Å². The predicted octanol–water partition coefficient (Wildman–Crippen LogP) is 3.42. The van der Waals surface area contributed by atoms with Gasteiger partial charge in [0.25, 0.3) is 0 Å². The van der Waals surface area contributed by atoms with Gasteiger partial charge in [-0.15, -0.1) is 0 Å². The highest BCUT2D eigenvalue weighted by atomic mass is 35.5. The van der Waals surface area contributed by atoms with Gasteiger partial charge in [0.05, 0.1) is 40.8 Å². The van der Waals surface area contributed by atoms with Gasteiger partial charge in [0.15, 0.2) is 0 Å². The fourth-order valence-corrected chi connectivity index (χ4v) is 4.25. The summed E-state index contributed by atoms with van der Waals surface area (Å²) in [5, 5.41) is 0.720. The lowest BCUT2D eigenvalue weighted by atomic mass is 10.1. The quantitative estimate of drug-likeness (QED) is 0.812. The van der Waals surface area contributed by atoms with E-state index in [-0.39, 0.29) is 11.8 Å². The fraction of sp³-hybridized carbons (Fsp3) is 0.450. The van der Waals surface area contributed by atoms with Gasteiger partial charge in [0.1, 0.15) is 0 Å². The molecule has 4 heterocycles. The predicted molar refractivity (Wildman–Crippen MR) is 102 cm³/mol. The SMILES string of the molecule is Cc1ccncc1N1CC[C@@H](C(=O)N2Cc3nc(C)c(Cl)c(C)c3C2)C1. The number of nitrogens with zero attached hydrogens (tertiary/aromatic N) is 4. The summed E-state index contributed by atoms with van der Waals surface area (Å²) >= 11 is 6.34. The van der Waals surface area contributed by atoms with Crippen LogP contribution in [0.15, 0.2) is 18.5 Å². The van der Waals surface area contributed by atoms with Crippen molar-refractivity contribution in [2.75, 3.05) is 18.0 Å². The van der Waals surface area contributed by atoms with Crippen LogP contribution in [0.25, 0.3) is 0 Å². The van der Waals surface area contributed by atoms with Crippen molar-refractivity contribution < 1.29 is 4.79 Å². The molecule has 0 N–H and O–H groups in total. The smallest absolute Gasteiger partial charge is 0.228 e. The standard InChI is InChI=1S/C20H23ClN4O/c1-12-4-6-22-8-18(12)24-7-5-15(9-24)20(26)25-10-16-13(2)19(21)14(3)23-17(16)11-25/h4,6,8,15H,5,7,9-11H2,1-3H3/t15-/m1/s1. The molecule has 0 aliphatic carbocycles. The Bertz CT molecular complexity index is 882. The van der Waals surface area contributed by atoms with Gasteiger partial charge < -0.3 is 9.80 Å². The summed E-state index contributed by atoms with van der Waals surface area (Å²) in [6.07, 6.45) is 4.58. The molecule has 5 nitrogen and oxygen atoms in total. The maximum atomic E-state index is 13.1. The molecular formula is C20H23ClN4O. The number of amides is 1. The largest absolute Gasteiger partial charge is 0.369 e. The average Bonchev–Trinajstić information content (AvgIpc) is 3.27. The van der Waals surface area contributed by atoms with Gasteiger partial charge >= 0.3 is 0 Å². The van der Waals surface area contributed by atoms with E-state index < -0.39 is 0 Å². The zero-order valence-corrected chi connectivity index (χ0v) is 16.2. The molecule has 6 heteroatoms. The van der Waals surface area contributed by atoms with Crippen LogP contribution in [0.2, 0.25) is 5.02 Å². The Morgan fingerprint density at radius 2 is 2.08 bits per heavy atom. The van der Waals surface area contributed by atoms with Crippen molar-refractivity contribution in [2.45, 2.75) is 40.3 Å². The molecule has 2 aliphatic heterocycles. The number of anilines is 1. The molecule has 2 aromatic rings. The fourth-order valence-electron chi connectivity index (χ4n) is 4.09. The summed E-state index contributed by atoms with van der Waals surface area (Å²) in [7, 11) is 0. The normalized spacial score (nSPS) is 19.2. The van der Waals surface area contributed by atoms with E-state index in [1.54, 1.807) is 6.20 Å². The van der Waals surface area contributed by atoms with Crippen molar-refractivity contribution >= 4 is 23.2 Å². The monoisotopic (exact) mass is 370 g/mol. The van der Waals surface area contributed by atoms with Crippen molar-refractivity contribution in [1.29, 1.82) is 0 Å². The summed E-state index contributed by atoms with van der Waals surface area (Å²) in [4.78, 5) is 26.1. The molecule has 1 saturated heterocycles. The molecule has 1 atom stereocenters. The van der Waals surface area contributed by atoms with Gasteiger partial charge in [0.2, 0.25) is 5.91 Å². The molecule has 26 heavy (non-hydrogen) atoms. The first kappa shape index (κ1) is 17.3. The Morgan fingerprint density at radius 3 is 2.85 bits per heavy atom. The number of aromatic nitrogens is 2. The number of fused-ring (bicyclic) bond motifs is 1. The molecule has 1 amide bonds. The third-order valence-corrected chi connectivity index (χ3v) is 6.20. The summed E-state index contributed by atoms with van der Waals surface area (Å²) in [6, 6.07) is 2.02. The van der Waals surface area contributed by atoms with Crippen LogP contribution in [0.1, 0.15) is 34.5 Å². The zero-order chi connectivity index (χ0) is 18.4. The minimum atomic E-state index is 0.0285. The van der Waals surface area contributed by atoms with Gasteiger partial charge in [0, 0.05) is 25.8 Å². The van der Waals surface area contributed by atoms with Crippen molar-refractivity contribution in [3.05, 3.63) is 51.6 Å². The maximum Gasteiger partial charge on any atom is 0.228 e. The Kier molecular flexibility index (Phi) is 4.35. The van der Waals surface area contributed by atoms with E-state index in [0.29, 0.717) is 13.1 Å². The number of halogens is 1. The van der Waals surface area contributed by atoms with Gasteiger partial charge in [-0.25, -0.2) is 0 Å². The van der Waals surface area contributed by atoms with Crippen LogP contribution in [-0.4, -0.2) is 33.9 Å². The Hall–Kier alpha value is -2.14. The summed E-state index contributed by atoms with van der Waals surface area (Å²) in [5.41, 5.74) is 6.35. The van der Waals surface area contributed by atoms with Crippen LogP contribution < -0.4 is 4.90 Å². The highest BCUT2D eigenvalue weighted by molar-refractivity contribution is 6.32. The zero-order valence-electron chi connectivity index (χ0n) is 15.4. The van der Waals surface area contributed by atoms with Gasteiger partial charge in [-0.1, -0.05) is 11.6 Å².